The van der Waals surface area contributed by atoms with Crippen LogP contribution in [0.1, 0.15) is 0 Å². The molecule has 2 aromatic heterocycles. The van der Waals surface area contributed by atoms with Gasteiger partial charge in [0.15, 0.2) is 0 Å². The minimum atomic E-state index is 0.629. The highest BCUT2D eigenvalue weighted by Gasteiger charge is 2.11. The number of hydrogen-bond donors (Lipinski definition) is 4. The van der Waals surface area contributed by atoms with E-state index >= 15 is 0 Å². The van der Waals surface area contributed by atoms with Gasteiger partial charge in [0.25, 0.3) is 0 Å². The van der Waals surface area contributed by atoms with Crippen LogP contribution in [0, 0.1) is 0 Å². The van der Waals surface area contributed by atoms with Crippen molar-refractivity contribution < 1.29 is 0 Å². The first kappa shape index (κ1) is 12.8. The Morgan fingerprint density at radius 2 is 0.950 bits per heavy atom. The zero-order chi connectivity index (χ0) is 14.3. The zero-order valence-electron chi connectivity index (χ0n) is 10.6. The molecule has 3 rings (SSSR count). The van der Waals surface area contributed by atoms with Crippen LogP contribution in [0.15, 0.2) is 35.0 Å². The number of thiophene rings is 2. The molecule has 0 atom stereocenters. The number of nitrogens with two attached hydrogens (primary N) is 4. The lowest BCUT2D eigenvalue weighted by molar-refractivity contribution is 1.67. The molecule has 0 spiro atoms. The van der Waals surface area contributed by atoms with Crippen molar-refractivity contribution in [2.24, 2.45) is 0 Å². The molecule has 0 aliphatic rings. The van der Waals surface area contributed by atoms with Gasteiger partial charge in [-0.05, 0) is 11.1 Å². The van der Waals surface area contributed by atoms with Crippen LogP contribution in [0.5, 0.6) is 0 Å². The van der Waals surface area contributed by atoms with Gasteiger partial charge >= 0.3 is 0 Å². The van der Waals surface area contributed by atoms with Crippen LogP contribution in [0.25, 0.3) is 20.9 Å². The van der Waals surface area contributed by atoms with Gasteiger partial charge in [-0.2, -0.15) is 0 Å². The average Bonchev–Trinajstić information content (AvgIpc) is 2.96. The topological polar surface area (TPSA) is 104 Å². The molecule has 0 fully saturated rings. The molecular weight excluding hydrogens is 288 g/mol. The molecule has 0 aliphatic heterocycles. The predicted molar refractivity (Wildman–Crippen MR) is 90.7 cm³/mol. The standard InChI is InChI=1S/C14H14N4S2/c15-9-5-19-13(11(9)17)7-1-2-8(4-3-7)14-12(18)10(16)6-20-14/h1-6H,15-18H2. The van der Waals surface area contributed by atoms with E-state index in [1.54, 1.807) is 22.7 Å². The van der Waals surface area contributed by atoms with Gasteiger partial charge in [-0.1, -0.05) is 24.3 Å². The number of hydrogen-bond acceptors (Lipinski definition) is 6. The van der Waals surface area contributed by atoms with Crippen LogP contribution in [0.2, 0.25) is 0 Å². The Hall–Kier alpha value is -2.18. The van der Waals surface area contributed by atoms with Crippen molar-refractivity contribution >= 4 is 45.4 Å². The summed E-state index contributed by atoms with van der Waals surface area (Å²) in [4.78, 5) is 1.99. The van der Waals surface area contributed by atoms with E-state index in [2.05, 4.69) is 0 Å². The lowest BCUT2D eigenvalue weighted by Gasteiger charge is -2.04. The summed E-state index contributed by atoms with van der Waals surface area (Å²) in [5, 5.41) is 3.72. The predicted octanol–water partition coefficient (Wildman–Crippen LogP) is 3.47. The van der Waals surface area contributed by atoms with E-state index in [1.165, 1.54) is 0 Å². The Morgan fingerprint density at radius 3 is 1.20 bits per heavy atom. The molecule has 20 heavy (non-hydrogen) atoms. The molecule has 0 radical (unpaired) electrons. The molecule has 6 heteroatoms. The summed E-state index contributed by atoms with van der Waals surface area (Å²) >= 11 is 3.09. The first-order valence-electron chi connectivity index (χ1n) is 5.93. The SMILES string of the molecule is Nc1csc(-c2ccc(-c3scc(N)c3N)cc2)c1N. The van der Waals surface area contributed by atoms with Crippen molar-refractivity contribution in [2.45, 2.75) is 0 Å². The first-order chi connectivity index (χ1) is 9.58. The summed E-state index contributed by atoms with van der Waals surface area (Å²) < 4.78 is 0. The molecule has 2 heterocycles. The summed E-state index contributed by atoms with van der Waals surface area (Å²) in [5.41, 5.74) is 28.1. The van der Waals surface area contributed by atoms with Crippen LogP contribution in [-0.2, 0) is 0 Å². The zero-order valence-corrected chi connectivity index (χ0v) is 12.2. The number of nitrogen functional groups attached to an aromatic ring is 4. The number of benzene rings is 1. The van der Waals surface area contributed by atoms with Gasteiger partial charge < -0.3 is 22.9 Å². The van der Waals surface area contributed by atoms with E-state index in [-0.39, 0.29) is 0 Å². The van der Waals surface area contributed by atoms with Crippen LogP contribution in [0.3, 0.4) is 0 Å². The molecule has 4 nitrogen and oxygen atoms in total. The number of rotatable bonds is 2. The van der Waals surface area contributed by atoms with Gasteiger partial charge in [0.1, 0.15) is 0 Å². The average molecular weight is 302 g/mol. The summed E-state index contributed by atoms with van der Waals surface area (Å²) in [5.74, 6) is 0. The van der Waals surface area contributed by atoms with Gasteiger partial charge in [0.05, 0.1) is 32.5 Å². The van der Waals surface area contributed by atoms with Gasteiger partial charge in [-0.25, -0.2) is 0 Å². The molecule has 1 aromatic carbocycles. The van der Waals surface area contributed by atoms with E-state index in [4.69, 9.17) is 22.9 Å². The van der Waals surface area contributed by atoms with Crippen molar-refractivity contribution in [3.63, 3.8) is 0 Å². The Labute approximate surface area is 124 Å². The Bertz CT molecular complexity index is 691. The van der Waals surface area contributed by atoms with Gasteiger partial charge in [0, 0.05) is 10.8 Å². The van der Waals surface area contributed by atoms with Crippen molar-refractivity contribution in [3.8, 4) is 20.9 Å². The maximum Gasteiger partial charge on any atom is 0.0737 e. The smallest absolute Gasteiger partial charge is 0.0737 e. The van der Waals surface area contributed by atoms with E-state index in [9.17, 15) is 0 Å². The molecule has 0 saturated carbocycles. The maximum absolute atomic E-state index is 5.96. The normalized spacial score (nSPS) is 10.8. The minimum Gasteiger partial charge on any atom is -0.396 e. The van der Waals surface area contributed by atoms with Crippen molar-refractivity contribution in [2.75, 3.05) is 22.9 Å². The fourth-order valence-electron chi connectivity index (χ4n) is 1.98. The second-order valence-electron chi connectivity index (χ2n) is 4.45. The third-order valence-electron chi connectivity index (χ3n) is 3.13. The third-order valence-corrected chi connectivity index (χ3v) is 5.25. The summed E-state index contributed by atoms with van der Waals surface area (Å²) in [6.07, 6.45) is 0. The molecule has 0 saturated heterocycles. The largest absolute Gasteiger partial charge is 0.396 e. The molecule has 0 aliphatic carbocycles. The monoisotopic (exact) mass is 302 g/mol. The van der Waals surface area contributed by atoms with E-state index in [0.29, 0.717) is 22.7 Å². The summed E-state index contributed by atoms with van der Waals surface area (Å²) in [7, 11) is 0. The highest BCUT2D eigenvalue weighted by atomic mass is 32.1. The molecule has 0 amide bonds. The lowest BCUT2D eigenvalue weighted by Crippen LogP contribution is -1.92. The quantitative estimate of drug-likeness (QED) is 0.581. The third kappa shape index (κ3) is 1.99. The van der Waals surface area contributed by atoms with Gasteiger partial charge in [-0.15, -0.1) is 22.7 Å². The molecular formula is C14H14N4S2. The van der Waals surface area contributed by atoms with Gasteiger partial charge in [-0.3, -0.25) is 0 Å². The summed E-state index contributed by atoms with van der Waals surface area (Å²) in [6, 6.07) is 8.08. The van der Waals surface area contributed by atoms with E-state index in [0.717, 1.165) is 20.9 Å². The van der Waals surface area contributed by atoms with Crippen molar-refractivity contribution in [3.05, 3.63) is 35.0 Å². The van der Waals surface area contributed by atoms with E-state index in [1.807, 2.05) is 35.0 Å². The number of anilines is 4. The second kappa shape index (κ2) is 4.73. The molecule has 0 unspecified atom stereocenters. The van der Waals surface area contributed by atoms with Gasteiger partial charge in [0.2, 0.25) is 0 Å². The van der Waals surface area contributed by atoms with Crippen molar-refractivity contribution in [1.82, 2.24) is 0 Å². The lowest BCUT2D eigenvalue weighted by atomic mass is 10.1. The summed E-state index contributed by atoms with van der Waals surface area (Å²) in [6.45, 7) is 0. The fourth-order valence-corrected chi connectivity index (χ4v) is 3.76. The fraction of sp³-hybridized carbons (Fsp3) is 0. The van der Waals surface area contributed by atoms with Crippen LogP contribution in [-0.4, -0.2) is 0 Å². The van der Waals surface area contributed by atoms with E-state index < -0.39 is 0 Å². The maximum atomic E-state index is 5.96. The Balaban J connectivity index is 2.00. The first-order valence-corrected chi connectivity index (χ1v) is 7.69. The van der Waals surface area contributed by atoms with Crippen LogP contribution in [0.4, 0.5) is 22.7 Å². The second-order valence-corrected chi connectivity index (χ2v) is 6.20. The Morgan fingerprint density at radius 1 is 0.600 bits per heavy atom. The van der Waals surface area contributed by atoms with Crippen LogP contribution < -0.4 is 22.9 Å². The highest BCUT2D eigenvalue weighted by Crippen LogP contribution is 2.40. The molecule has 8 N–H and O–H groups in total. The minimum absolute atomic E-state index is 0.629. The van der Waals surface area contributed by atoms with Crippen LogP contribution >= 0.6 is 22.7 Å². The molecule has 3 aromatic rings. The molecule has 0 bridgehead atoms. The Kier molecular flexibility index (Phi) is 3.04. The molecule has 102 valence electrons. The highest BCUT2D eigenvalue weighted by molar-refractivity contribution is 7.15. The van der Waals surface area contributed by atoms with Crippen molar-refractivity contribution in [1.29, 1.82) is 0 Å².